The first-order valence-electron chi connectivity index (χ1n) is 5.74. The Morgan fingerprint density at radius 1 is 1.05 bits per heavy atom. The van der Waals surface area contributed by atoms with Crippen molar-refractivity contribution in [2.24, 2.45) is 0 Å². The molecule has 0 saturated carbocycles. The zero-order valence-corrected chi connectivity index (χ0v) is 10.1. The van der Waals surface area contributed by atoms with E-state index in [1.165, 1.54) is 12.1 Å². The summed E-state index contributed by atoms with van der Waals surface area (Å²) in [6.45, 7) is 0. The Balaban J connectivity index is 1.98. The van der Waals surface area contributed by atoms with E-state index in [9.17, 15) is 10.1 Å². The second-order valence-electron chi connectivity index (χ2n) is 3.93. The van der Waals surface area contributed by atoms with Gasteiger partial charge in [0.15, 0.2) is 0 Å². The second kappa shape index (κ2) is 4.88. The number of non-ortho nitro benzene ring substituents is 1. The molecule has 0 saturated heterocycles. The highest BCUT2D eigenvalue weighted by Gasteiger charge is 2.13. The summed E-state index contributed by atoms with van der Waals surface area (Å²) in [6, 6.07) is 11.3. The normalized spacial score (nSPS) is 10.4. The molecule has 0 bridgehead atoms. The van der Waals surface area contributed by atoms with E-state index in [-0.39, 0.29) is 17.5 Å². The van der Waals surface area contributed by atoms with E-state index in [0.29, 0.717) is 11.3 Å². The number of rotatable bonds is 3. The molecule has 3 rings (SSSR count). The molecule has 20 heavy (non-hydrogen) atoms. The summed E-state index contributed by atoms with van der Waals surface area (Å²) in [5.74, 6) is 0.487. The van der Waals surface area contributed by atoms with Crippen LogP contribution in [0.3, 0.4) is 0 Å². The van der Waals surface area contributed by atoms with Gasteiger partial charge >= 0.3 is 0 Å². The fourth-order valence-corrected chi connectivity index (χ4v) is 1.69. The highest BCUT2D eigenvalue weighted by atomic mass is 16.6. The van der Waals surface area contributed by atoms with Crippen LogP contribution < -0.4 is 0 Å². The summed E-state index contributed by atoms with van der Waals surface area (Å²) >= 11 is 0. The fourth-order valence-electron chi connectivity index (χ4n) is 1.69. The number of hydrogen-bond donors (Lipinski definition) is 0. The molecule has 0 atom stereocenters. The summed E-state index contributed by atoms with van der Waals surface area (Å²) < 4.78 is 5.48. The van der Waals surface area contributed by atoms with Crippen molar-refractivity contribution >= 4 is 5.69 Å². The summed E-state index contributed by atoms with van der Waals surface area (Å²) in [6.07, 6.45) is 1.62. The Bertz CT molecular complexity index is 755. The third kappa shape index (κ3) is 2.24. The number of aromatic nitrogens is 3. The maximum Gasteiger partial charge on any atom is 0.270 e. The van der Waals surface area contributed by atoms with Crippen molar-refractivity contribution < 1.29 is 9.34 Å². The molecule has 0 amide bonds. The molecule has 7 heteroatoms. The van der Waals surface area contributed by atoms with Crippen LogP contribution in [0.15, 0.2) is 53.1 Å². The number of nitro groups is 1. The van der Waals surface area contributed by atoms with E-state index in [4.69, 9.17) is 4.42 Å². The molecule has 0 spiro atoms. The van der Waals surface area contributed by atoms with Crippen LogP contribution in [0.1, 0.15) is 0 Å². The molecule has 2 aromatic heterocycles. The Morgan fingerprint density at radius 2 is 1.90 bits per heavy atom. The van der Waals surface area contributed by atoms with Gasteiger partial charge in [-0.1, -0.05) is 12.1 Å². The summed E-state index contributed by atoms with van der Waals surface area (Å²) in [5.41, 5.74) is 1.02. The maximum atomic E-state index is 10.7. The molecule has 7 nitrogen and oxygen atoms in total. The van der Waals surface area contributed by atoms with Gasteiger partial charge in [-0.25, -0.2) is 0 Å². The Kier molecular flexibility index (Phi) is 2.92. The van der Waals surface area contributed by atoms with E-state index in [0.717, 1.165) is 0 Å². The standard InChI is InChI=1S/C13H8N4O3/c18-17(19)10-5-3-4-9(8-10)12-15-16-13(20-12)11-6-1-2-7-14-11/h1-8H. The molecule has 2 heterocycles. The van der Waals surface area contributed by atoms with Gasteiger partial charge in [0.05, 0.1) is 4.92 Å². The molecule has 0 aliphatic heterocycles. The number of nitro benzene ring substituents is 1. The van der Waals surface area contributed by atoms with Gasteiger partial charge in [0.25, 0.3) is 11.6 Å². The van der Waals surface area contributed by atoms with Crippen molar-refractivity contribution in [2.45, 2.75) is 0 Å². The molecule has 0 aliphatic carbocycles. The quantitative estimate of drug-likeness (QED) is 0.535. The predicted octanol–water partition coefficient (Wildman–Crippen LogP) is 2.71. The molecule has 1 aromatic carbocycles. The van der Waals surface area contributed by atoms with Gasteiger partial charge in [0.1, 0.15) is 5.69 Å². The van der Waals surface area contributed by atoms with Crippen LogP contribution in [0.25, 0.3) is 23.0 Å². The highest BCUT2D eigenvalue weighted by molar-refractivity contribution is 5.59. The summed E-state index contributed by atoms with van der Waals surface area (Å²) in [7, 11) is 0. The van der Waals surface area contributed by atoms with Gasteiger partial charge in [-0.05, 0) is 18.2 Å². The molecular weight excluding hydrogens is 260 g/mol. The molecule has 0 N–H and O–H groups in total. The van der Waals surface area contributed by atoms with Crippen LogP contribution in [-0.4, -0.2) is 20.1 Å². The van der Waals surface area contributed by atoms with Crippen LogP contribution in [0.5, 0.6) is 0 Å². The topological polar surface area (TPSA) is 95.0 Å². The van der Waals surface area contributed by atoms with Crippen LogP contribution in [0, 0.1) is 10.1 Å². The molecule has 98 valence electrons. The lowest BCUT2D eigenvalue weighted by Gasteiger charge is -1.95. The zero-order valence-electron chi connectivity index (χ0n) is 10.1. The first-order chi connectivity index (χ1) is 9.74. The second-order valence-corrected chi connectivity index (χ2v) is 3.93. The van der Waals surface area contributed by atoms with Crippen LogP contribution in [0.2, 0.25) is 0 Å². The van der Waals surface area contributed by atoms with E-state index in [2.05, 4.69) is 15.2 Å². The maximum absolute atomic E-state index is 10.7. The summed E-state index contributed by atoms with van der Waals surface area (Å²) in [4.78, 5) is 14.4. The highest BCUT2D eigenvalue weighted by Crippen LogP contribution is 2.25. The third-order valence-electron chi connectivity index (χ3n) is 2.61. The van der Waals surface area contributed by atoms with Gasteiger partial charge in [0.2, 0.25) is 5.89 Å². The van der Waals surface area contributed by atoms with E-state index in [1.54, 1.807) is 36.5 Å². The van der Waals surface area contributed by atoms with Crippen LogP contribution >= 0.6 is 0 Å². The molecule has 0 aliphatic rings. The number of pyridine rings is 1. The van der Waals surface area contributed by atoms with Crippen LogP contribution in [0.4, 0.5) is 5.69 Å². The van der Waals surface area contributed by atoms with Gasteiger partial charge in [-0.3, -0.25) is 15.1 Å². The Hall–Kier alpha value is -3.09. The van der Waals surface area contributed by atoms with E-state index in [1.807, 2.05) is 0 Å². The lowest BCUT2D eigenvalue weighted by Crippen LogP contribution is -1.88. The zero-order chi connectivity index (χ0) is 13.9. The minimum atomic E-state index is -0.473. The minimum Gasteiger partial charge on any atom is -0.415 e. The average molecular weight is 268 g/mol. The summed E-state index contributed by atoms with van der Waals surface area (Å²) in [5, 5.41) is 18.5. The lowest BCUT2D eigenvalue weighted by atomic mass is 10.2. The van der Waals surface area contributed by atoms with Crippen molar-refractivity contribution in [3.05, 3.63) is 58.8 Å². The first kappa shape index (κ1) is 12.0. The predicted molar refractivity (Wildman–Crippen MR) is 69.6 cm³/mol. The molecule has 3 aromatic rings. The number of hydrogen-bond acceptors (Lipinski definition) is 6. The van der Waals surface area contributed by atoms with E-state index >= 15 is 0 Å². The van der Waals surface area contributed by atoms with Gasteiger partial charge in [0, 0.05) is 23.9 Å². The fraction of sp³-hybridized carbons (Fsp3) is 0. The monoisotopic (exact) mass is 268 g/mol. The molecular formula is C13H8N4O3. The van der Waals surface area contributed by atoms with Crippen molar-refractivity contribution in [2.75, 3.05) is 0 Å². The lowest BCUT2D eigenvalue weighted by molar-refractivity contribution is -0.384. The first-order valence-corrected chi connectivity index (χ1v) is 5.74. The molecule has 0 fully saturated rings. The Labute approximate surface area is 113 Å². The van der Waals surface area contributed by atoms with Crippen LogP contribution in [-0.2, 0) is 0 Å². The number of nitrogens with zero attached hydrogens (tertiary/aromatic N) is 4. The molecule has 0 unspecified atom stereocenters. The average Bonchev–Trinajstić information content (AvgIpc) is 2.98. The van der Waals surface area contributed by atoms with Crippen molar-refractivity contribution in [1.82, 2.24) is 15.2 Å². The Morgan fingerprint density at radius 3 is 2.65 bits per heavy atom. The van der Waals surface area contributed by atoms with E-state index < -0.39 is 4.92 Å². The molecule has 0 radical (unpaired) electrons. The van der Waals surface area contributed by atoms with Crippen molar-refractivity contribution in [3.63, 3.8) is 0 Å². The van der Waals surface area contributed by atoms with Gasteiger partial charge in [-0.15, -0.1) is 10.2 Å². The number of benzene rings is 1. The van der Waals surface area contributed by atoms with Gasteiger partial charge in [-0.2, -0.15) is 0 Å². The van der Waals surface area contributed by atoms with Crippen molar-refractivity contribution in [3.8, 4) is 23.0 Å². The smallest absolute Gasteiger partial charge is 0.270 e. The van der Waals surface area contributed by atoms with Crippen molar-refractivity contribution in [1.29, 1.82) is 0 Å². The minimum absolute atomic E-state index is 0.0277. The third-order valence-corrected chi connectivity index (χ3v) is 2.61. The largest absolute Gasteiger partial charge is 0.415 e. The SMILES string of the molecule is O=[N+]([O-])c1cccc(-c2nnc(-c3ccccn3)o2)c1. The van der Waals surface area contributed by atoms with Gasteiger partial charge < -0.3 is 4.42 Å².